The first-order valence-corrected chi connectivity index (χ1v) is 8.71. The minimum atomic E-state index is -0.684. The number of aromatic nitrogens is 2. The highest BCUT2D eigenvalue weighted by Gasteiger charge is 2.33. The van der Waals surface area contributed by atoms with Crippen molar-refractivity contribution >= 4 is 5.91 Å². The van der Waals surface area contributed by atoms with Gasteiger partial charge in [-0.2, -0.15) is 5.10 Å². The Morgan fingerprint density at radius 1 is 1.35 bits per heavy atom. The molecule has 0 aliphatic heterocycles. The van der Waals surface area contributed by atoms with Crippen LogP contribution in [0.4, 0.5) is 0 Å². The summed E-state index contributed by atoms with van der Waals surface area (Å²) in [5, 5.41) is 15.1. The molecule has 0 aromatic carbocycles. The molecule has 1 fully saturated rings. The van der Waals surface area contributed by atoms with E-state index in [4.69, 9.17) is 0 Å². The van der Waals surface area contributed by atoms with Gasteiger partial charge in [0.2, 0.25) is 5.91 Å². The van der Waals surface area contributed by atoms with E-state index in [9.17, 15) is 9.90 Å². The summed E-state index contributed by atoms with van der Waals surface area (Å²) in [7, 11) is 1.79. The number of carbonyl (C=O) groups excluding carboxylic acids is 1. The van der Waals surface area contributed by atoms with Gasteiger partial charge in [-0.15, -0.1) is 0 Å². The average Bonchev–Trinajstić information content (AvgIpc) is 2.97. The van der Waals surface area contributed by atoms with Gasteiger partial charge >= 0.3 is 0 Å². The quantitative estimate of drug-likeness (QED) is 0.875. The molecule has 1 aliphatic rings. The monoisotopic (exact) mass is 321 g/mol. The molecule has 1 aromatic rings. The van der Waals surface area contributed by atoms with E-state index in [2.05, 4.69) is 18.9 Å². The zero-order valence-electron chi connectivity index (χ0n) is 15.2. The van der Waals surface area contributed by atoms with Gasteiger partial charge in [0.15, 0.2) is 0 Å². The lowest BCUT2D eigenvalue weighted by Gasteiger charge is -2.28. The maximum Gasteiger partial charge on any atom is 0.226 e. The van der Waals surface area contributed by atoms with E-state index in [0.29, 0.717) is 18.9 Å². The summed E-state index contributed by atoms with van der Waals surface area (Å²) >= 11 is 0. The molecule has 0 bridgehead atoms. The van der Waals surface area contributed by atoms with Crippen molar-refractivity contribution in [2.75, 3.05) is 13.6 Å². The van der Waals surface area contributed by atoms with E-state index in [0.717, 1.165) is 49.2 Å². The molecule has 0 radical (unpaired) electrons. The molecular formula is C18H31N3O2. The highest BCUT2D eigenvalue weighted by molar-refractivity contribution is 5.79. The van der Waals surface area contributed by atoms with Crippen LogP contribution in [0.25, 0.3) is 0 Å². The number of hydrogen-bond donors (Lipinski definition) is 1. The van der Waals surface area contributed by atoms with Crippen molar-refractivity contribution in [3.8, 4) is 0 Å². The first-order chi connectivity index (χ1) is 10.7. The molecule has 1 aliphatic carbocycles. The van der Waals surface area contributed by atoms with Gasteiger partial charge in [0.05, 0.1) is 17.7 Å². The molecule has 130 valence electrons. The number of carbonyl (C=O) groups is 1. The summed E-state index contributed by atoms with van der Waals surface area (Å²) < 4.78 is 2.01. The molecule has 1 saturated carbocycles. The number of hydrogen-bond acceptors (Lipinski definition) is 3. The first kappa shape index (κ1) is 18.0. The second-order valence-corrected chi connectivity index (χ2v) is 7.58. The Labute approximate surface area is 139 Å². The predicted octanol–water partition coefficient (Wildman–Crippen LogP) is 2.46. The van der Waals surface area contributed by atoms with Crippen molar-refractivity contribution in [2.24, 2.45) is 5.92 Å². The lowest BCUT2D eigenvalue weighted by molar-refractivity contribution is -0.132. The maximum atomic E-state index is 12.6. The first-order valence-electron chi connectivity index (χ1n) is 8.71. The van der Waals surface area contributed by atoms with Crippen molar-refractivity contribution < 1.29 is 9.90 Å². The summed E-state index contributed by atoms with van der Waals surface area (Å²) in [4.78, 5) is 14.2. The minimum Gasteiger partial charge on any atom is -0.388 e. The van der Waals surface area contributed by atoms with E-state index in [1.54, 1.807) is 11.9 Å². The SMILES string of the molecule is Cc1nn(CC(C)C)c(C)c1CC(=O)N(C)CC1(O)CCCC1. The van der Waals surface area contributed by atoms with Crippen LogP contribution in [0.3, 0.4) is 0 Å². The van der Waals surface area contributed by atoms with E-state index >= 15 is 0 Å². The van der Waals surface area contributed by atoms with Crippen molar-refractivity contribution in [1.82, 2.24) is 14.7 Å². The maximum absolute atomic E-state index is 12.6. The van der Waals surface area contributed by atoms with Gasteiger partial charge in [-0.05, 0) is 32.6 Å². The Kier molecular flexibility index (Phi) is 5.50. The highest BCUT2D eigenvalue weighted by atomic mass is 16.3. The van der Waals surface area contributed by atoms with Crippen LogP contribution in [0.15, 0.2) is 0 Å². The summed E-state index contributed by atoms with van der Waals surface area (Å²) in [6.45, 7) is 9.64. The van der Waals surface area contributed by atoms with Crippen LogP contribution in [0.2, 0.25) is 0 Å². The van der Waals surface area contributed by atoms with Gasteiger partial charge < -0.3 is 10.0 Å². The highest BCUT2D eigenvalue weighted by Crippen LogP contribution is 2.30. The van der Waals surface area contributed by atoms with Gasteiger partial charge in [-0.25, -0.2) is 0 Å². The Morgan fingerprint density at radius 3 is 2.52 bits per heavy atom. The summed E-state index contributed by atoms with van der Waals surface area (Å²) in [6.07, 6.45) is 4.07. The average molecular weight is 321 g/mol. The van der Waals surface area contributed by atoms with Gasteiger partial charge in [0.1, 0.15) is 0 Å². The van der Waals surface area contributed by atoms with Crippen molar-refractivity contribution in [1.29, 1.82) is 0 Å². The number of rotatable bonds is 6. The largest absolute Gasteiger partial charge is 0.388 e. The minimum absolute atomic E-state index is 0.0561. The molecule has 0 spiro atoms. The van der Waals surface area contributed by atoms with Gasteiger partial charge in [-0.1, -0.05) is 26.7 Å². The van der Waals surface area contributed by atoms with Crippen LogP contribution < -0.4 is 0 Å². The molecule has 1 N–H and O–H groups in total. The van der Waals surface area contributed by atoms with Crippen LogP contribution in [0, 0.1) is 19.8 Å². The number of aliphatic hydroxyl groups is 1. The van der Waals surface area contributed by atoms with Gasteiger partial charge in [0.25, 0.3) is 0 Å². The summed E-state index contributed by atoms with van der Waals surface area (Å²) in [6, 6.07) is 0. The normalized spacial score (nSPS) is 17.0. The smallest absolute Gasteiger partial charge is 0.226 e. The van der Waals surface area contributed by atoms with Gasteiger partial charge in [-0.3, -0.25) is 9.48 Å². The molecule has 5 heteroatoms. The van der Waals surface area contributed by atoms with Crippen LogP contribution in [-0.4, -0.2) is 44.9 Å². The number of nitrogens with zero attached hydrogens (tertiary/aromatic N) is 3. The fourth-order valence-electron chi connectivity index (χ4n) is 3.52. The second-order valence-electron chi connectivity index (χ2n) is 7.58. The zero-order valence-corrected chi connectivity index (χ0v) is 15.2. The summed E-state index contributed by atoms with van der Waals surface area (Å²) in [5.41, 5.74) is 2.36. The Morgan fingerprint density at radius 2 is 1.96 bits per heavy atom. The Balaban J connectivity index is 2.03. The molecule has 23 heavy (non-hydrogen) atoms. The summed E-state index contributed by atoms with van der Waals surface area (Å²) in [5.74, 6) is 0.580. The second kappa shape index (κ2) is 7.04. The number of amides is 1. The topological polar surface area (TPSA) is 58.4 Å². The van der Waals surface area contributed by atoms with Crippen LogP contribution in [-0.2, 0) is 17.8 Å². The molecule has 1 amide bonds. The molecule has 2 rings (SSSR count). The molecule has 0 saturated heterocycles. The van der Waals surface area contributed by atoms with E-state index in [1.165, 1.54) is 0 Å². The predicted molar refractivity (Wildman–Crippen MR) is 91.3 cm³/mol. The Bertz CT molecular complexity index is 557. The van der Waals surface area contributed by atoms with Gasteiger partial charge in [0, 0.05) is 31.4 Å². The van der Waals surface area contributed by atoms with Crippen LogP contribution >= 0.6 is 0 Å². The molecular weight excluding hydrogens is 290 g/mol. The van der Waals surface area contributed by atoms with Crippen LogP contribution in [0.1, 0.15) is 56.5 Å². The number of aryl methyl sites for hydroxylation is 1. The van der Waals surface area contributed by atoms with E-state index < -0.39 is 5.60 Å². The fourth-order valence-corrected chi connectivity index (χ4v) is 3.52. The molecule has 1 aromatic heterocycles. The third-order valence-corrected chi connectivity index (χ3v) is 4.89. The van der Waals surface area contributed by atoms with Crippen molar-refractivity contribution in [3.05, 3.63) is 17.0 Å². The van der Waals surface area contributed by atoms with Crippen molar-refractivity contribution in [2.45, 2.75) is 71.9 Å². The number of likely N-dealkylation sites (N-methyl/N-ethyl adjacent to an activating group) is 1. The molecule has 1 heterocycles. The fraction of sp³-hybridized carbons (Fsp3) is 0.778. The lowest BCUT2D eigenvalue weighted by Crippen LogP contribution is -2.42. The molecule has 0 atom stereocenters. The third kappa shape index (κ3) is 4.34. The van der Waals surface area contributed by atoms with E-state index in [1.807, 2.05) is 18.5 Å². The van der Waals surface area contributed by atoms with Crippen LogP contribution in [0.5, 0.6) is 0 Å². The van der Waals surface area contributed by atoms with E-state index in [-0.39, 0.29) is 5.91 Å². The molecule has 5 nitrogen and oxygen atoms in total. The zero-order chi connectivity index (χ0) is 17.2. The Hall–Kier alpha value is -1.36. The standard InChI is InChI=1S/C18H31N3O2/c1-13(2)11-21-15(4)16(14(3)19-21)10-17(22)20(5)12-18(23)8-6-7-9-18/h13,23H,6-12H2,1-5H3. The van der Waals surface area contributed by atoms with Crippen molar-refractivity contribution in [3.63, 3.8) is 0 Å². The third-order valence-electron chi connectivity index (χ3n) is 4.89. The lowest BCUT2D eigenvalue weighted by atomic mass is 10.0. The molecule has 0 unspecified atom stereocenters.